The van der Waals surface area contributed by atoms with E-state index in [0.717, 1.165) is 23.4 Å². The first-order valence-electron chi connectivity index (χ1n) is 12.4. The van der Waals surface area contributed by atoms with Crippen molar-refractivity contribution in [1.82, 2.24) is 19.9 Å². The molecule has 0 saturated carbocycles. The van der Waals surface area contributed by atoms with E-state index in [-0.39, 0.29) is 6.42 Å². The summed E-state index contributed by atoms with van der Waals surface area (Å²) in [4.78, 5) is 30.9. The fourth-order valence-electron chi connectivity index (χ4n) is 4.36. The van der Waals surface area contributed by atoms with E-state index in [4.69, 9.17) is 10.2 Å². The molecule has 3 aromatic carbocycles. The standard InChI is InChI=1S/C30H20F2N6O2S/c31-21-8-3-9-22(32)26(21)24(39)13-17-4-1-6-19(12-17)27-28(41-29(33)38-27)23-10-11-35-30(37-23)36-20-7-2-5-18(14-20)25-15-34-16-40-25/h1-12,14-16H,13H2,(H2,33,38)(H,35,36,37). The number of benzene rings is 3. The van der Waals surface area contributed by atoms with Gasteiger partial charge in [-0.05, 0) is 42.0 Å². The van der Waals surface area contributed by atoms with E-state index >= 15 is 0 Å². The number of halogens is 2. The fraction of sp³-hybridized carbons (Fsp3) is 0.0333. The summed E-state index contributed by atoms with van der Waals surface area (Å²) in [6.07, 6.45) is 4.45. The highest BCUT2D eigenvalue weighted by Crippen LogP contribution is 2.38. The number of Topliss-reactive ketones (excluding diaryl/α,β-unsaturated/α-hetero) is 1. The van der Waals surface area contributed by atoms with Gasteiger partial charge in [-0.3, -0.25) is 4.79 Å². The Hall–Kier alpha value is -5.29. The first-order chi connectivity index (χ1) is 19.9. The lowest BCUT2D eigenvalue weighted by molar-refractivity contribution is 0.0985. The number of nitrogens with two attached hydrogens (primary N) is 1. The molecule has 0 amide bonds. The van der Waals surface area contributed by atoms with Crippen molar-refractivity contribution in [2.75, 3.05) is 11.1 Å². The Labute approximate surface area is 236 Å². The Morgan fingerprint density at radius 3 is 2.54 bits per heavy atom. The molecule has 11 heteroatoms. The zero-order chi connectivity index (χ0) is 28.3. The van der Waals surface area contributed by atoms with Crippen LogP contribution in [0.1, 0.15) is 15.9 Å². The largest absolute Gasteiger partial charge is 0.444 e. The normalized spacial score (nSPS) is 11.0. The molecule has 6 rings (SSSR count). The minimum Gasteiger partial charge on any atom is -0.444 e. The summed E-state index contributed by atoms with van der Waals surface area (Å²) in [6.45, 7) is 0. The molecule has 0 atom stereocenters. The van der Waals surface area contributed by atoms with Crippen LogP contribution < -0.4 is 11.1 Å². The number of rotatable bonds is 8. The van der Waals surface area contributed by atoms with E-state index in [1.807, 2.05) is 30.3 Å². The number of carbonyl (C=O) groups is 1. The fourth-order valence-corrected chi connectivity index (χ4v) is 5.18. The van der Waals surface area contributed by atoms with Gasteiger partial charge in [0.05, 0.1) is 28.0 Å². The van der Waals surface area contributed by atoms with Crippen molar-refractivity contribution in [3.63, 3.8) is 0 Å². The summed E-state index contributed by atoms with van der Waals surface area (Å²) in [5.41, 5.74) is 9.56. The van der Waals surface area contributed by atoms with E-state index < -0.39 is 23.0 Å². The van der Waals surface area contributed by atoms with E-state index in [1.54, 1.807) is 36.7 Å². The second-order valence-corrected chi connectivity index (χ2v) is 9.99. The Morgan fingerprint density at radius 1 is 0.951 bits per heavy atom. The first kappa shape index (κ1) is 26.0. The third kappa shape index (κ3) is 5.56. The van der Waals surface area contributed by atoms with Gasteiger partial charge in [-0.15, -0.1) is 0 Å². The van der Waals surface area contributed by atoms with Gasteiger partial charge in [0.2, 0.25) is 5.95 Å². The summed E-state index contributed by atoms with van der Waals surface area (Å²) < 4.78 is 33.7. The Kier molecular flexibility index (Phi) is 7.00. The van der Waals surface area contributed by atoms with Gasteiger partial charge in [-0.25, -0.2) is 28.7 Å². The van der Waals surface area contributed by atoms with Crippen LogP contribution >= 0.6 is 11.3 Å². The van der Waals surface area contributed by atoms with Gasteiger partial charge in [-0.2, -0.15) is 0 Å². The predicted molar refractivity (Wildman–Crippen MR) is 153 cm³/mol. The van der Waals surface area contributed by atoms with Gasteiger partial charge < -0.3 is 15.5 Å². The smallest absolute Gasteiger partial charge is 0.227 e. The zero-order valence-electron chi connectivity index (χ0n) is 21.2. The molecule has 6 aromatic rings. The highest BCUT2D eigenvalue weighted by Gasteiger charge is 2.19. The number of oxazole rings is 1. The molecular weight excluding hydrogens is 546 g/mol. The molecule has 3 N–H and O–H groups in total. The molecule has 0 unspecified atom stereocenters. The van der Waals surface area contributed by atoms with E-state index in [1.165, 1.54) is 23.8 Å². The lowest BCUT2D eigenvalue weighted by Crippen LogP contribution is -2.09. The molecule has 0 aliphatic heterocycles. The Bertz CT molecular complexity index is 1850. The number of thiazole rings is 1. The molecule has 3 heterocycles. The van der Waals surface area contributed by atoms with Crippen LogP contribution in [0.15, 0.2) is 96.0 Å². The summed E-state index contributed by atoms with van der Waals surface area (Å²) in [6, 6.07) is 19.7. The van der Waals surface area contributed by atoms with E-state index in [2.05, 4.69) is 25.3 Å². The van der Waals surface area contributed by atoms with Crippen molar-refractivity contribution < 1.29 is 18.0 Å². The maximum absolute atomic E-state index is 14.1. The molecular formula is C30H20F2N6O2S. The van der Waals surface area contributed by atoms with Crippen LogP contribution in [0, 0.1) is 11.6 Å². The van der Waals surface area contributed by atoms with Crippen molar-refractivity contribution >= 4 is 33.9 Å². The van der Waals surface area contributed by atoms with Crippen molar-refractivity contribution in [2.24, 2.45) is 0 Å². The SMILES string of the molecule is Nc1nc(-c2cccc(CC(=O)c3c(F)cccc3F)c2)c(-c2ccnc(Nc3cccc(-c4cnco4)c3)n2)s1. The third-order valence-corrected chi connectivity index (χ3v) is 7.08. The minimum absolute atomic E-state index is 0.185. The molecule has 0 saturated heterocycles. The van der Waals surface area contributed by atoms with Crippen molar-refractivity contribution in [3.05, 3.63) is 114 Å². The summed E-state index contributed by atoms with van der Waals surface area (Å²) in [5, 5.41) is 3.54. The van der Waals surface area contributed by atoms with Crippen LogP contribution in [0.5, 0.6) is 0 Å². The molecule has 202 valence electrons. The van der Waals surface area contributed by atoms with E-state index in [0.29, 0.717) is 44.2 Å². The predicted octanol–water partition coefficient (Wildman–Crippen LogP) is 6.95. The molecule has 0 aliphatic carbocycles. The van der Waals surface area contributed by atoms with Crippen LogP contribution in [0.2, 0.25) is 0 Å². The molecule has 0 radical (unpaired) electrons. The highest BCUT2D eigenvalue weighted by atomic mass is 32.1. The van der Waals surface area contributed by atoms with Crippen molar-refractivity contribution in [3.8, 4) is 33.2 Å². The maximum atomic E-state index is 14.1. The number of hydrogen-bond donors (Lipinski definition) is 2. The Balaban J connectivity index is 1.28. The van der Waals surface area contributed by atoms with Crippen LogP contribution in [-0.2, 0) is 6.42 Å². The quantitative estimate of drug-likeness (QED) is 0.190. The second kappa shape index (κ2) is 11.1. The monoisotopic (exact) mass is 566 g/mol. The highest BCUT2D eigenvalue weighted by molar-refractivity contribution is 7.19. The van der Waals surface area contributed by atoms with Crippen LogP contribution in [-0.4, -0.2) is 25.7 Å². The van der Waals surface area contributed by atoms with Gasteiger partial charge in [0.1, 0.15) is 11.6 Å². The minimum atomic E-state index is -0.890. The summed E-state index contributed by atoms with van der Waals surface area (Å²) in [5.74, 6) is -1.44. The molecule has 3 aromatic heterocycles. The molecule has 0 spiro atoms. The third-order valence-electron chi connectivity index (χ3n) is 6.17. The van der Waals surface area contributed by atoms with Gasteiger partial charge >= 0.3 is 0 Å². The first-order valence-corrected chi connectivity index (χ1v) is 13.2. The number of anilines is 3. The van der Waals surface area contributed by atoms with Crippen LogP contribution in [0.25, 0.3) is 33.2 Å². The topological polar surface area (TPSA) is 120 Å². The number of nitrogens with one attached hydrogen (secondary N) is 1. The number of hydrogen-bond acceptors (Lipinski definition) is 9. The average molecular weight is 567 g/mol. The second-order valence-electron chi connectivity index (χ2n) is 8.96. The number of carbonyl (C=O) groups excluding carboxylic acids is 1. The van der Waals surface area contributed by atoms with Gasteiger partial charge in [0, 0.05) is 29.4 Å². The van der Waals surface area contributed by atoms with Crippen molar-refractivity contribution in [1.29, 1.82) is 0 Å². The van der Waals surface area contributed by atoms with Gasteiger partial charge in [0.15, 0.2) is 23.1 Å². The number of nitrogen functional groups attached to an aromatic ring is 1. The number of ketones is 1. The molecule has 0 bridgehead atoms. The lowest BCUT2D eigenvalue weighted by Gasteiger charge is -2.09. The molecule has 8 nitrogen and oxygen atoms in total. The Morgan fingerprint density at radius 2 is 1.73 bits per heavy atom. The molecule has 41 heavy (non-hydrogen) atoms. The summed E-state index contributed by atoms with van der Waals surface area (Å²) in [7, 11) is 0. The molecule has 0 aliphatic rings. The average Bonchev–Trinajstić information content (AvgIpc) is 3.64. The van der Waals surface area contributed by atoms with Crippen LogP contribution in [0.4, 0.5) is 25.5 Å². The van der Waals surface area contributed by atoms with Crippen LogP contribution in [0.3, 0.4) is 0 Å². The van der Waals surface area contributed by atoms with E-state index in [9.17, 15) is 13.6 Å². The van der Waals surface area contributed by atoms with Crippen molar-refractivity contribution in [2.45, 2.75) is 6.42 Å². The maximum Gasteiger partial charge on any atom is 0.227 e. The lowest BCUT2D eigenvalue weighted by atomic mass is 9.99. The number of aromatic nitrogens is 4. The summed E-state index contributed by atoms with van der Waals surface area (Å²) >= 11 is 1.26. The zero-order valence-corrected chi connectivity index (χ0v) is 22.0. The van der Waals surface area contributed by atoms with Gasteiger partial charge in [0.25, 0.3) is 0 Å². The number of nitrogens with zero attached hydrogens (tertiary/aromatic N) is 4. The van der Waals surface area contributed by atoms with Gasteiger partial charge in [-0.1, -0.05) is 47.7 Å². The molecule has 0 fully saturated rings.